The largest absolute Gasteiger partial charge is 0.481 e. The minimum absolute atomic E-state index is 0.0551. The average molecular weight is 1250 g/mol. The van der Waals surface area contributed by atoms with Crippen molar-refractivity contribution in [2.24, 2.45) is 17.3 Å². The van der Waals surface area contributed by atoms with E-state index in [1.165, 1.54) is 71.5 Å². The van der Waals surface area contributed by atoms with Crippen molar-refractivity contribution in [1.29, 1.82) is 0 Å². The molecule has 504 valence electrons. The Morgan fingerprint density at radius 3 is 1.60 bits per heavy atom. The second-order valence-corrected chi connectivity index (χ2v) is 22.7. The minimum Gasteiger partial charge on any atom is -0.481 e. The second kappa shape index (κ2) is 54.0. The topological polar surface area (TPSA) is 382 Å². The summed E-state index contributed by atoms with van der Waals surface area (Å²) in [5, 5.41) is 46.7. The molecule has 4 amide bonds. The number of aliphatic hydroxyl groups excluding tert-OH is 1. The lowest BCUT2D eigenvalue weighted by Gasteiger charge is -2.26. The molecule has 0 saturated carbocycles. The Morgan fingerprint density at radius 1 is 0.534 bits per heavy atom. The van der Waals surface area contributed by atoms with Gasteiger partial charge in [0, 0.05) is 95.4 Å². The van der Waals surface area contributed by atoms with Gasteiger partial charge in [-0.3, -0.25) is 52.7 Å². The molecule has 25 heteroatoms. The van der Waals surface area contributed by atoms with Gasteiger partial charge in [-0.15, -0.1) is 0 Å². The van der Waals surface area contributed by atoms with Crippen molar-refractivity contribution in [3.8, 4) is 0 Å². The zero-order valence-electron chi connectivity index (χ0n) is 53.2. The summed E-state index contributed by atoms with van der Waals surface area (Å²) in [5.41, 5.74) is -0.798. The number of carbonyl (C=O) groups is 11. The van der Waals surface area contributed by atoms with E-state index in [1.54, 1.807) is 13.1 Å². The van der Waals surface area contributed by atoms with E-state index in [-0.39, 0.29) is 102 Å². The molecule has 0 aliphatic heterocycles. The van der Waals surface area contributed by atoms with Crippen LogP contribution < -0.4 is 21.3 Å². The lowest BCUT2D eigenvalue weighted by Crippen LogP contribution is -2.52. The molecule has 0 fully saturated rings. The number of imidazole rings is 1. The third-order valence-corrected chi connectivity index (χ3v) is 14.5. The number of Topliss-reactive ketones (excluding diaryl/α,β-unsaturated/α-hetero) is 4. The van der Waals surface area contributed by atoms with Crippen LogP contribution in [0.15, 0.2) is 12.5 Å². The molecule has 0 unspecified atom stereocenters. The van der Waals surface area contributed by atoms with Crippen LogP contribution in [0.3, 0.4) is 0 Å². The summed E-state index contributed by atoms with van der Waals surface area (Å²) in [6, 6.07) is -1.21. The van der Waals surface area contributed by atoms with Crippen LogP contribution in [0.1, 0.15) is 213 Å². The van der Waals surface area contributed by atoms with Gasteiger partial charge >= 0.3 is 17.9 Å². The van der Waals surface area contributed by atoms with Gasteiger partial charge in [-0.2, -0.15) is 0 Å². The van der Waals surface area contributed by atoms with Crippen LogP contribution in [0.4, 0.5) is 0 Å². The summed E-state index contributed by atoms with van der Waals surface area (Å²) in [7, 11) is 0. The monoisotopic (exact) mass is 1250 g/mol. The lowest BCUT2D eigenvalue weighted by molar-refractivity contribution is -0.144. The molecule has 9 N–H and O–H groups in total. The van der Waals surface area contributed by atoms with Crippen molar-refractivity contribution in [1.82, 2.24) is 31.2 Å². The van der Waals surface area contributed by atoms with E-state index in [9.17, 15) is 63.0 Å². The van der Waals surface area contributed by atoms with E-state index < -0.39 is 77.6 Å². The van der Waals surface area contributed by atoms with Crippen LogP contribution in [0.5, 0.6) is 0 Å². The Labute approximate surface area is 520 Å². The second-order valence-electron chi connectivity index (χ2n) is 22.7. The highest BCUT2D eigenvalue weighted by molar-refractivity contribution is 6.05. The highest BCUT2D eigenvalue weighted by atomic mass is 16.5. The number of aromatic nitrogens is 2. The average Bonchev–Trinajstić information content (AvgIpc) is 3.30. The molecule has 3 atom stereocenters. The van der Waals surface area contributed by atoms with Gasteiger partial charge in [0.1, 0.15) is 36.8 Å². The Morgan fingerprint density at radius 2 is 1.07 bits per heavy atom. The zero-order chi connectivity index (χ0) is 65.6. The number of amides is 4. The number of ether oxygens (including phenoxy) is 4. The standard InChI is InChI=1S/C41H68N6O14.C22H40O5/c1-4-8-32(49)10-7-19-58-21-23-60-28-37(53)44-18-20-59-22-24-61-27-36(52)43-16-6-5-9-30(35(51)26-48)11-13-34(50)33(12-14-38(54)55)47-40(57)41(2,3)39(56)45-17-15-31-25-42-29-46-31;1-19(22(26)27)18-20(23)16-14-12-10-8-6-4-2-3-5-7-9-11-13-15-17-21(24)25/h25,29-30,33,48H,4-24,26-28H2,1-3H3,(H,42,46)(H,43,52)(H,44,53)(H,45,56)(H,47,57)(H,54,55);19H,2-18H2,1H3,(H,24,25)(H,26,27)/t30-,33+;19-/m11/s1. The fraction of sp³-hybridized carbons (Fsp3) is 0.778. The van der Waals surface area contributed by atoms with Crippen molar-refractivity contribution in [3.05, 3.63) is 18.2 Å². The molecule has 1 heterocycles. The predicted molar refractivity (Wildman–Crippen MR) is 328 cm³/mol. The molecule has 1 aromatic rings. The van der Waals surface area contributed by atoms with Crippen molar-refractivity contribution >= 4 is 64.7 Å². The molecule has 0 spiro atoms. The molecule has 1 aromatic heterocycles. The number of nitrogens with one attached hydrogen (secondary N) is 5. The number of aromatic amines is 1. The maximum absolute atomic E-state index is 13.3. The number of nitrogens with zero attached hydrogens (tertiary/aromatic N) is 1. The molecule has 0 bridgehead atoms. The number of hydrogen-bond acceptors (Lipinski definition) is 17. The number of carboxylic acids is 3. The fourth-order valence-electron chi connectivity index (χ4n) is 8.97. The highest BCUT2D eigenvalue weighted by Gasteiger charge is 2.38. The molecule has 1 rings (SSSR count). The third kappa shape index (κ3) is 47.0. The van der Waals surface area contributed by atoms with Crippen LogP contribution in [-0.2, 0) is 78.1 Å². The molecular weight excluding hydrogens is 1140 g/mol. The molecule has 25 nitrogen and oxygen atoms in total. The van der Waals surface area contributed by atoms with Gasteiger partial charge < -0.3 is 65.6 Å². The maximum atomic E-state index is 13.3. The summed E-state index contributed by atoms with van der Waals surface area (Å²) >= 11 is 0. The van der Waals surface area contributed by atoms with E-state index in [4.69, 9.17) is 29.2 Å². The summed E-state index contributed by atoms with van der Waals surface area (Å²) in [6.07, 6.45) is 24.0. The first-order valence-electron chi connectivity index (χ1n) is 31.9. The van der Waals surface area contributed by atoms with Crippen molar-refractivity contribution in [2.45, 2.75) is 220 Å². The number of aliphatic hydroxyl groups is 1. The summed E-state index contributed by atoms with van der Waals surface area (Å²) in [5.74, 6) is -6.65. The van der Waals surface area contributed by atoms with Gasteiger partial charge in [-0.25, -0.2) is 4.98 Å². The van der Waals surface area contributed by atoms with E-state index in [0.29, 0.717) is 77.5 Å². The van der Waals surface area contributed by atoms with Crippen molar-refractivity contribution in [3.63, 3.8) is 0 Å². The van der Waals surface area contributed by atoms with E-state index in [1.807, 2.05) is 6.92 Å². The Hall–Kier alpha value is -6.02. The Kier molecular flexibility index (Phi) is 50.3. The van der Waals surface area contributed by atoms with Crippen molar-refractivity contribution < 1.29 is 92.1 Å². The predicted octanol–water partition coefficient (Wildman–Crippen LogP) is 6.58. The molecule has 88 heavy (non-hydrogen) atoms. The number of carbonyl (C=O) groups excluding carboxylic acids is 8. The number of hydrogen-bond donors (Lipinski definition) is 9. The molecule has 0 aromatic carbocycles. The lowest BCUT2D eigenvalue weighted by atomic mass is 9.88. The van der Waals surface area contributed by atoms with Crippen LogP contribution in [0.25, 0.3) is 0 Å². The molecular formula is C63H108N6O19. The first kappa shape index (κ1) is 82.0. The van der Waals surface area contributed by atoms with Gasteiger partial charge in [-0.1, -0.05) is 97.3 Å². The van der Waals surface area contributed by atoms with Crippen molar-refractivity contribution in [2.75, 3.05) is 79.1 Å². The molecule has 0 radical (unpaired) electrons. The summed E-state index contributed by atoms with van der Waals surface area (Å²) < 4.78 is 21.4. The third-order valence-electron chi connectivity index (χ3n) is 14.5. The maximum Gasteiger partial charge on any atom is 0.306 e. The molecule has 0 aliphatic carbocycles. The first-order chi connectivity index (χ1) is 42.1. The number of aliphatic carboxylic acids is 3. The summed E-state index contributed by atoms with van der Waals surface area (Å²) in [4.78, 5) is 138. The normalized spacial score (nSPS) is 12.2. The van der Waals surface area contributed by atoms with Gasteiger partial charge in [0.25, 0.3) is 0 Å². The summed E-state index contributed by atoms with van der Waals surface area (Å²) in [6.45, 7) is 7.76. The zero-order valence-corrected chi connectivity index (χ0v) is 53.2. The number of carboxylic acid groups (broad SMARTS) is 3. The Balaban J connectivity index is 0.00000234. The number of ketones is 4. The first-order valence-corrected chi connectivity index (χ1v) is 31.9. The highest BCUT2D eigenvalue weighted by Crippen LogP contribution is 2.21. The quantitative estimate of drug-likeness (QED) is 0.0245. The van der Waals surface area contributed by atoms with Gasteiger partial charge in [0.2, 0.25) is 23.6 Å². The van der Waals surface area contributed by atoms with E-state index in [0.717, 1.165) is 50.6 Å². The molecule has 0 aliphatic rings. The minimum atomic E-state index is -1.59. The van der Waals surface area contributed by atoms with E-state index in [2.05, 4.69) is 31.2 Å². The van der Waals surface area contributed by atoms with Gasteiger partial charge in [0.05, 0.1) is 51.3 Å². The smallest absolute Gasteiger partial charge is 0.306 e. The number of H-pyrrole nitrogens is 1. The van der Waals surface area contributed by atoms with Crippen LogP contribution in [-0.4, -0.2) is 180 Å². The number of rotatable bonds is 59. The van der Waals surface area contributed by atoms with Crippen LogP contribution >= 0.6 is 0 Å². The number of unbranched alkanes of at least 4 members (excludes halogenated alkanes) is 14. The van der Waals surface area contributed by atoms with Crippen LogP contribution in [0.2, 0.25) is 0 Å². The fourth-order valence-corrected chi connectivity index (χ4v) is 8.97. The van der Waals surface area contributed by atoms with Crippen LogP contribution in [0, 0.1) is 17.3 Å². The Bertz CT molecular complexity index is 2120. The van der Waals surface area contributed by atoms with Gasteiger partial charge in [0.15, 0.2) is 11.6 Å². The SMILES string of the molecule is CCCC(=O)CCCOCCOCC(=O)NCCOCCOCC(=O)NCCCC[C@H](CCC(=O)[C@H](CCC(=O)O)NC(=O)C(C)(C)C(=O)NCCc1cnc[nH]1)C(=O)CO.C[C@H](CC(=O)CCCCCCCCCCCCCCCCC(=O)O)C(=O)O. The molecule has 0 saturated heterocycles. The van der Waals surface area contributed by atoms with E-state index >= 15 is 0 Å². The van der Waals surface area contributed by atoms with Gasteiger partial charge in [-0.05, 0) is 65.2 Å².